The molecule has 6 heteroatoms. The first kappa shape index (κ1) is 17.2. The first-order valence-electron chi connectivity index (χ1n) is 8.82. The molecule has 0 aromatic rings. The Kier molecular flexibility index (Phi) is 4.33. The number of nitrogens with zero attached hydrogens (tertiary/aromatic N) is 2. The van der Waals surface area contributed by atoms with Gasteiger partial charge in [-0.1, -0.05) is 0 Å². The van der Waals surface area contributed by atoms with E-state index >= 15 is 0 Å². The van der Waals surface area contributed by atoms with Crippen molar-refractivity contribution in [1.82, 2.24) is 4.90 Å². The third-order valence-electron chi connectivity index (χ3n) is 6.03. The van der Waals surface area contributed by atoms with Crippen LogP contribution in [-0.2, 0) is 14.3 Å². The summed E-state index contributed by atoms with van der Waals surface area (Å²) in [7, 11) is 1.61. The van der Waals surface area contributed by atoms with Gasteiger partial charge in [0.2, 0.25) is 0 Å². The van der Waals surface area contributed by atoms with Crippen LogP contribution in [0.15, 0.2) is 0 Å². The fourth-order valence-corrected chi connectivity index (χ4v) is 5.43. The predicted octanol–water partition coefficient (Wildman–Crippen LogP) is 1.62. The molecule has 4 rings (SSSR count). The number of amides is 1. The number of ether oxygens (including phenoxy) is 1. The quantitative estimate of drug-likeness (QED) is 0.772. The van der Waals surface area contributed by atoms with Crippen molar-refractivity contribution in [2.75, 3.05) is 13.6 Å². The molecule has 24 heavy (non-hydrogen) atoms. The largest absolute Gasteiger partial charge is 0.452 e. The number of hydrogen-bond donors (Lipinski definition) is 1. The molecular weight excluding hydrogens is 308 g/mol. The molecule has 4 aliphatic carbocycles. The van der Waals surface area contributed by atoms with E-state index in [0.717, 1.165) is 32.1 Å². The lowest BCUT2D eigenvalue weighted by Gasteiger charge is -2.58. The zero-order valence-electron chi connectivity index (χ0n) is 14.5. The van der Waals surface area contributed by atoms with E-state index in [-0.39, 0.29) is 18.3 Å². The SMILES string of the molecule is C[C@H](OC(=O)C12C[C@@H]3C[C@@H](CC(O)(C3)C1)C2)C(=O)N(C)CCC#N. The number of nitriles is 1. The van der Waals surface area contributed by atoms with Crippen molar-refractivity contribution in [3.05, 3.63) is 0 Å². The molecule has 0 spiro atoms. The van der Waals surface area contributed by atoms with Crippen LogP contribution >= 0.6 is 0 Å². The van der Waals surface area contributed by atoms with Gasteiger partial charge in [0, 0.05) is 13.6 Å². The summed E-state index contributed by atoms with van der Waals surface area (Å²) in [6.45, 7) is 1.91. The molecule has 0 aromatic heterocycles. The molecule has 132 valence electrons. The van der Waals surface area contributed by atoms with Gasteiger partial charge in [0.25, 0.3) is 5.91 Å². The Balaban J connectivity index is 1.65. The normalized spacial score (nSPS) is 37.6. The molecule has 0 saturated heterocycles. The standard InChI is InChI=1S/C18H26N2O4/c1-12(15(21)20(2)5-3-4-19)24-16(22)17-7-13-6-14(8-17)10-18(23,9-13)11-17/h12-14,23H,3,5-11H2,1-2H3/t12-,13-,14+,17?,18?/m0/s1. The molecule has 5 atom stereocenters. The Morgan fingerprint density at radius 1 is 1.33 bits per heavy atom. The lowest BCUT2D eigenvalue weighted by Crippen LogP contribution is -2.59. The molecule has 4 bridgehead atoms. The summed E-state index contributed by atoms with van der Waals surface area (Å²) in [6, 6.07) is 2.00. The second kappa shape index (κ2) is 6.03. The molecule has 2 unspecified atom stereocenters. The van der Waals surface area contributed by atoms with E-state index in [4.69, 9.17) is 10.00 Å². The number of esters is 1. The van der Waals surface area contributed by atoms with Crippen molar-refractivity contribution in [1.29, 1.82) is 5.26 Å². The lowest BCUT2D eigenvalue weighted by atomic mass is 9.48. The van der Waals surface area contributed by atoms with Gasteiger partial charge in [-0.2, -0.15) is 5.26 Å². The number of rotatable bonds is 5. The smallest absolute Gasteiger partial charge is 0.312 e. The van der Waals surface area contributed by atoms with Gasteiger partial charge in [0.1, 0.15) is 0 Å². The van der Waals surface area contributed by atoms with E-state index in [2.05, 4.69) is 0 Å². The average molecular weight is 334 g/mol. The average Bonchev–Trinajstić information content (AvgIpc) is 2.49. The minimum absolute atomic E-state index is 0.253. The van der Waals surface area contributed by atoms with Crippen LogP contribution in [-0.4, -0.2) is 47.2 Å². The summed E-state index contributed by atoms with van der Waals surface area (Å²) in [6.07, 6.45) is 4.10. The molecule has 1 amide bonds. The molecule has 0 radical (unpaired) electrons. The van der Waals surface area contributed by atoms with Crippen molar-refractivity contribution in [2.45, 2.75) is 63.6 Å². The minimum Gasteiger partial charge on any atom is -0.452 e. The molecule has 0 aliphatic heterocycles. The Bertz CT molecular complexity index is 568. The fourth-order valence-electron chi connectivity index (χ4n) is 5.43. The van der Waals surface area contributed by atoms with Crippen LogP contribution in [0, 0.1) is 28.6 Å². The maximum Gasteiger partial charge on any atom is 0.312 e. The maximum atomic E-state index is 12.8. The van der Waals surface area contributed by atoms with Gasteiger partial charge in [-0.25, -0.2) is 0 Å². The molecule has 6 nitrogen and oxygen atoms in total. The van der Waals surface area contributed by atoms with Crippen LogP contribution in [0.2, 0.25) is 0 Å². The summed E-state index contributed by atoms with van der Waals surface area (Å²) in [5.74, 6) is 0.174. The second-order valence-corrected chi connectivity index (χ2v) is 8.18. The maximum absolute atomic E-state index is 12.8. The Morgan fingerprint density at radius 2 is 1.96 bits per heavy atom. The third-order valence-corrected chi connectivity index (χ3v) is 6.03. The molecule has 4 aliphatic rings. The highest BCUT2D eigenvalue weighted by Gasteiger charge is 2.61. The topological polar surface area (TPSA) is 90.6 Å². The summed E-state index contributed by atoms with van der Waals surface area (Å²) < 4.78 is 5.52. The van der Waals surface area contributed by atoms with E-state index in [1.165, 1.54) is 4.90 Å². The van der Waals surface area contributed by atoms with Gasteiger partial charge in [0.05, 0.1) is 23.5 Å². The first-order chi connectivity index (χ1) is 11.3. The molecule has 4 saturated carbocycles. The second-order valence-electron chi connectivity index (χ2n) is 8.18. The van der Waals surface area contributed by atoms with Crippen molar-refractivity contribution >= 4 is 11.9 Å². The van der Waals surface area contributed by atoms with Gasteiger partial charge in [-0.3, -0.25) is 9.59 Å². The van der Waals surface area contributed by atoms with Crippen LogP contribution in [0.4, 0.5) is 0 Å². The number of aliphatic hydroxyl groups is 1. The zero-order valence-corrected chi connectivity index (χ0v) is 14.5. The van der Waals surface area contributed by atoms with E-state index < -0.39 is 17.1 Å². The summed E-state index contributed by atoms with van der Waals surface area (Å²) in [5, 5.41) is 19.3. The van der Waals surface area contributed by atoms with Crippen LogP contribution in [0.25, 0.3) is 0 Å². The van der Waals surface area contributed by atoms with Gasteiger partial charge in [-0.05, 0) is 57.3 Å². The van der Waals surface area contributed by atoms with Crippen LogP contribution < -0.4 is 0 Å². The van der Waals surface area contributed by atoms with Crippen LogP contribution in [0.5, 0.6) is 0 Å². The number of likely N-dealkylation sites (N-methyl/N-ethyl adjacent to an activating group) is 1. The number of carbonyl (C=O) groups is 2. The Morgan fingerprint density at radius 3 is 2.50 bits per heavy atom. The Hall–Kier alpha value is -1.61. The zero-order chi connectivity index (χ0) is 17.5. The lowest BCUT2D eigenvalue weighted by molar-refractivity contribution is -0.200. The molecule has 0 heterocycles. The van der Waals surface area contributed by atoms with E-state index in [0.29, 0.717) is 24.8 Å². The predicted molar refractivity (Wildman–Crippen MR) is 85.5 cm³/mol. The summed E-state index contributed by atoms with van der Waals surface area (Å²) in [4.78, 5) is 26.5. The van der Waals surface area contributed by atoms with Crippen LogP contribution in [0.1, 0.15) is 51.9 Å². The van der Waals surface area contributed by atoms with Gasteiger partial charge in [0.15, 0.2) is 6.10 Å². The van der Waals surface area contributed by atoms with E-state index in [1.54, 1.807) is 14.0 Å². The third kappa shape index (κ3) is 3.02. The highest BCUT2D eigenvalue weighted by atomic mass is 16.5. The van der Waals surface area contributed by atoms with Gasteiger partial charge in [-0.15, -0.1) is 0 Å². The van der Waals surface area contributed by atoms with Crippen molar-refractivity contribution in [3.8, 4) is 6.07 Å². The fraction of sp³-hybridized carbons (Fsp3) is 0.833. The van der Waals surface area contributed by atoms with Gasteiger partial charge < -0.3 is 14.7 Å². The minimum atomic E-state index is -0.858. The monoisotopic (exact) mass is 334 g/mol. The first-order valence-corrected chi connectivity index (χ1v) is 8.82. The molecular formula is C18H26N2O4. The Labute approximate surface area is 142 Å². The van der Waals surface area contributed by atoms with E-state index in [9.17, 15) is 14.7 Å². The van der Waals surface area contributed by atoms with Crippen molar-refractivity contribution in [2.24, 2.45) is 17.3 Å². The molecule has 0 aromatic carbocycles. The van der Waals surface area contributed by atoms with Gasteiger partial charge >= 0.3 is 5.97 Å². The van der Waals surface area contributed by atoms with Crippen molar-refractivity contribution in [3.63, 3.8) is 0 Å². The van der Waals surface area contributed by atoms with Crippen LogP contribution in [0.3, 0.4) is 0 Å². The molecule has 4 fully saturated rings. The van der Waals surface area contributed by atoms with Crippen molar-refractivity contribution < 1.29 is 19.4 Å². The highest BCUT2D eigenvalue weighted by molar-refractivity contribution is 5.85. The summed E-state index contributed by atoms with van der Waals surface area (Å²) in [5.41, 5.74) is -1.33. The molecule has 1 N–H and O–H groups in total. The number of hydrogen-bond acceptors (Lipinski definition) is 5. The highest BCUT2D eigenvalue weighted by Crippen LogP contribution is 2.62. The number of carbonyl (C=O) groups excluding carboxylic acids is 2. The van der Waals surface area contributed by atoms with E-state index in [1.807, 2.05) is 6.07 Å². The summed E-state index contributed by atoms with van der Waals surface area (Å²) >= 11 is 0.